The molecular formula is C19H20N6O2. The molecule has 0 spiro atoms. The maximum Gasteiger partial charge on any atom is 0.256 e. The Morgan fingerprint density at radius 3 is 2.78 bits per heavy atom. The third kappa shape index (κ3) is 3.10. The van der Waals surface area contributed by atoms with E-state index in [1.54, 1.807) is 26.7 Å². The molecule has 1 aliphatic rings. The molecule has 3 heterocycles. The summed E-state index contributed by atoms with van der Waals surface area (Å²) in [6.07, 6.45) is 3.97. The Bertz CT molecular complexity index is 1040. The number of H-pyrrole nitrogens is 1. The largest absolute Gasteiger partial charge is 0.348 e. The van der Waals surface area contributed by atoms with Crippen LogP contribution in [0.1, 0.15) is 21.6 Å². The minimum atomic E-state index is -0.132. The number of amides is 1. The third-order valence-corrected chi connectivity index (χ3v) is 4.66. The number of benzene rings is 1. The van der Waals surface area contributed by atoms with E-state index in [2.05, 4.69) is 15.1 Å². The van der Waals surface area contributed by atoms with E-state index in [0.29, 0.717) is 42.3 Å². The van der Waals surface area contributed by atoms with Crippen molar-refractivity contribution in [1.29, 1.82) is 0 Å². The molecule has 0 aliphatic carbocycles. The Morgan fingerprint density at radius 2 is 2.04 bits per heavy atom. The quantitative estimate of drug-likeness (QED) is 0.755. The topological polar surface area (TPSA) is 87.1 Å². The number of rotatable bonds is 3. The average molecular weight is 364 g/mol. The Labute approximate surface area is 156 Å². The van der Waals surface area contributed by atoms with Gasteiger partial charge in [0.15, 0.2) is 0 Å². The van der Waals surface area contributed by atoms with Crippen molar-refractivity contribution in [3.05, 3.63) is 69.9 Å². The molecule has 1 N–H and O–H groups in total. The molecule has 8 heteroatoms. The van der Waals surface area contributed by atoms with Gasteiger partial charge in [-0.3, -0.25) is 14.6 Å². The van der Waals surface area contributed by atoms with E-state index in [1.807, 2.05) is 44.6 Å². The SMILES string of the molecule is CN(C)c1nc2c(c(=O)[nH]1)CCN(C(=O)c1ccccc1-n1cccn1)C2. The Hall–Kier alpha value is -3.42. The van der Waals surface area contributed by atoms with Crippen molar-refractivity contribution in [3.8, 4) is 5.69 Å². The number of fused-ring (bicyclic) bond motifs is 1. The Morgan fingerprint density at radius 1 is 1.22 bits per heavy atom. The van der Waals surface area contributed by atoms with Gasteiger partial charge in [-0.25, -0.2) is 9.67 Å². The van der Waals surface area contributed by atoms with Crippen LogP contribution in [0.5, 0.6) is 0 Å². The van der Waals surface area contributed by atoms with Gasteiger partial charge < -0.3 is 9.80 Å². The lowest BCUT2D eigenvalue weighted by molar-refractivity contribution is 0.0731. The Balaban J connectivity index is 1.67. The van der Waals surface area contributed by atoms with Gasteiger partial charge in [0.25, 0.3) is 11.5 Å². The van der Waals surface area contributed by atoms with Gasteiger partial charge in [-0.05, 0) is 24.6 Å². The van der Waals surface area contributed by atoms with Crippen LogP contribution in [0.3, 0.4) is 0 Å². The second-order valence-electron chi connectivity index (χ2n) is 6.65. The summed E-state index contributed by atoms with van der Waals surface area (Å²) in [7, 11) is 3.63. The summed E-state index contributed by atoms with van der Waals surface area (Å²) in [6, 6.07) is 9.20. The molecule has 0 saturated carbocycles. The third-order valence-electron chi connectivity index (χ3n) is 4.66. The van der Waals surface area contributed by atoms with Crippen LogP contribution in [0.4, 0.5) is 5.95 Å². The van der Waals surface area contributed by atoms with Crippen molar-refractivity contribution in [1.82, 2.24) is 24.6 Å². The minimum absolute atomic E-state index is 0.0970. The molecular weight excluding hydrogens is 344 g/mol. The second kappa shape index (κ2) is 6.71. The smallest absolute Gasteiger partial charge is 0.256 e. The number of carbonyl (C=O) groups is 1. The van der Waals surface area contributed by atoms with Crippen LogP contribution in [0.2, 0.25) is 0 Å². The average Bonchev–Trinajstić information content (AvgIpc) is 3.21. The van der Waals surface area contributed by atoms with E-state index in [9.17, 15) is 9.59 Å². The highest BCUT2D eigenvalue weighted by molar-refractivity contribution is 5.97. The van der Waals surface area contributed by atoms with Crippen molar-refractivity contribution >= 4 is 11.9 Å². The van der Waals surface area contributed by atoms with Gasteiger partial charge in [0.05, 0.1) is 23.5 Å². The fraction of sp³-hybridized carbons (Fsp3) is 0.263. The molecule has 1 aromatic carbocycles. The number of anilines is 1. The van der Waals surface area contributed by atoms with Crippen LogP contribution >= 0.6 is 0 Å². The lowest BCUT2D eigenvalue weighted by atomic mass is 10.0. The number of hydrogen-bond donors (Lipinski definition) is 1. The predicted molar refractivity (Wildman–Crippen MR) is 101 cm³/mol. The predicted octanol–water partition coefficient (Wildman–Crippen LogP) is 1.22. The fourth-order valence-corrected chi connectivity index (χ4v) is 3.25. The summed E-state index contributed by atoms with van der Waals surface area (Å²) in [4.78, 5) is 36.3. The molecule has 1 amide bonds. The van der Waals surface area contributed by atoms with Crippen molar-refractivity contribution in [2.45, 2.75) is 13.0 Å². The summed E-state index contributed by atoms with van der Waals surface area (Å²) in [5.74, 6) is 0.394. The molecule has 0 radical (unpaired) electrons. The van der Waals surface area contributed by atoms with Crippen LogP contribution in [-0.2, 0) is 13.0 Å². The van der Waals surface area contributed by atoms with E-state index in [0.717, 1.165) is 5.69 Å². The molecule has 0 bridgehead atoms. The number of carbonyl (C=O) groups excluding carboxylic acids is 1. The number of nitrogens with zero attached hydrogens (tertiary/aromatic N) is 5. The zero-order valence-electron chi connectivity index (χ0n) is 15.2. The van der Waals surface area contributed by atoms with Crippen LogP contribution in [-0.4, -0.2) is 51.2 Å². The van der Waals surface area contributed by atoms with Crippen molar-refractivity contribution in [2.24, 2.45) is 0 Å². The van der Waals surface area contributed by atoms with Crippen LogP contribution in [0.15, 0.2) is 47.5 Å². The van der Waals surface area contributed by atoms with E-state index < -0.39 is 0 Å². The monoisotopic (exact) mass is 364 g/mol. The van der Waals surface area contributed by atoms with Gasteiger partial charge >= 0.3 is 0 Å². The van der Waals surface area contributed by atoms with E-state index in [4.69, 9.17) is 0 Å². The highest BCUT2D eigenvalue weighted by Crippen LogP contribution is 2.21. The lowest BCUT2D eigenvalue weighted by Crippen LogP contribution is -2.40. The van der Waals surface area contributed by atoms with Crippen molar-refractivity contribution < 1.29 is 4.79 Å². The molecule has 0 atom stereocenters. The molecule has 27 heavy (non-hydrogen) atoms. The van der Waals surface area contributed by atoms with Crippen molar-refractivity contribution in [2.75, 3.05) is 25.5 Å². The van der Waals surface area contributed by atoms with Gasteiger partial charge in [-0.1, -0.05) is 12.1 Å². The standard InChI is InChI=1S/C19H20N6O2/c1-23(2)19-21-15-12-24(11-8-13(15)17(26)22-19)18(27)14-6-3-4-7-16(14)25-10-5-9-20-25/h3-7,9-10H,8,11-12H2,1-2H3,(H,21,22,26). The van der Waals surface area contributed by atoms with Gasteiger partial charge in [0.1, 0.15) is 0 Å². The first-order chi connectivity index (χ1) is 13.0. The zero-order chi connectivity index (χ0) is 19.0. The zero-order valence-corrected chi connectivity index (χ0v) is 15.2. The summed E-state index contributed by atoms with van der Waals surface area (Å²) in [6.45, 7) is 0.789. The highest BCUT2D eigenvalue weighted by atomic mass is 16.2. The van der Waals surface area contributed by atoms with Crippen LogP contribution in [0.25, 0.3) is 5.69 Å². The first-order valence-electron chi connectivity index (χ1n) is 8.72. The molecule has 2 aromatic heterocycles. The van der Waals surface area contributed by atoms with Gasteiger partial charge in [0.2, 0.25) is 5.95 Å². The molecule has 0 saturated heterocycles. The first kappa shape index (κ1) is 17.0. The molecule has 138 valence electrons. The van der Waals surface area contributed by atoms with Crippen molar-refractivity contribution in [3.63, 3.8) is 0 Å². The molecule has 1 aliphatic heterocycles. The maximum absolute atomic E-state index is 13.2. The molecule has 4 rings (SSSR count). The summed E-state index contributed by atoms with van der Waals surface area (Å²) in [5, 5.41) is 4.24. The lowest BCUT2D eigenvalue weighted by Gasteiger charge is -2.29. The molecule has 8 nitrogen and oxygen atoms in total. The van der Waals surface area contributed by atoms with Gasteiger partial charge in [-0.2, -0.15) is 5.10 Å². The van der Waals surface area contributed by atoms with Crippen LogP contribution in [0, 0.1) is 0 Å². The first-order valence-corrected chi connectivity index (χ1v) is 8.72. The fourth-order valence-electron chi connectivity index (χ4n) is 3.25. The highest BCUT2D eigenvalue weighted by Gasteiger charge is 2.27. The number of aromatic amines is 1. The summed E-state index contributed by atoms with van der Waals surface area (Å²) >= 11 is 0. The second-order valence-corrected chi connectivity index (χ2v) is 6.65. The Kier molecular flexibility index (Phi) is 4.23. The number of para-hydroxylation sites is 1. The molecule has 0 unspecified atom stereocenters. The minimum Gasteiger partial charge on any atom is -0.348 e. The summed E-state index contributed by atoms with van der Waals surface area (Å²) < 4.78 is 1.68. The summed E-state index contributed by atoms with van der Waals surface area (Å²) in [5.41, 5.74) is 2.48. The number of nitrogens with one attached hydrogen (secondary N) is 1. The number of aromatic nitrogens is 4. The van der Waals surface area contributed by atoms with Gasteiger partial charge in [-0.15, -0.1) is 0 Å². The van der Waals surface area contributed by atoms with E-state index in [-0.39, 0.29) is 11.5 Å². The molecule has 0 fully saturated rings. The normalized spacial score (nSPS) is 13.3. The van der Waals surface area contributed by atoms with Crippen LogP contribution < -0.4 is 10.5 Å². The van der Waals surface area contributed by atoms with Gasteiger partial charge in [0, 0.05) is 38.6 Å². The maximum atomic E-state index is 13.2. The van der Waals surface area contributed by atoms with E-state index >= 15 is 0 Å². The van der Waals surface area contributed by atoms with E-state index in [1.165, 1.54) is 0 Å². The molecule has 3 aromatic rings. The number of hydrogen-bond acceptors (Lipinski definition) is 5.